The van der Waals surface area contributed by atoms with Crippen molar-refractivity contribution in [3.63, 3.8) is 0 Å². The van der Waals surface area contributed by atoms with E-state index in [-0.39, 0.29) is 0 Å². The van der Waals surface area contributed by atoms with Crippen LogP contribution in [0.2, 0.25) is 0 Å². The first-order valence-corrected chi connectivity index (χ1v) is 3.95. The molecule has 0 unspecified atom stereocenters. The smallest absolute Gasteiger partial charge is 0.180 e. The van der Waals surface area contributed by atoms with E-state index in [2.05, 4.69) is 23.4 Å². The first-order valence-electron chi connectivity index (χ1n) is 3.95. The highest BCUT2D eigenvalue weighted by molar-refractivity contribution is 5.98. The fourth-order valence-electron chi connectivity index (χ4n) is 0.555. The first-order chi connectivity index (χ1) is 5.57. The van der Waals surface area contributed by atoms with Gasteiger partial charge in [-0.1, -0.05) is 26.3 Å². The Morgan fingerprint density at radius 1 is 1.50 bits per heavy atom. The number of nitrogens with zero attached hydrogens (tertiary/aromatic N) is 2. The van der Waals surface area contributed by atoms with Crippen LogP contribution in [-0.4, -0.2) is 24.8 Å². The van der Waals surface area contributed by atoms with Crippen LogP contribution >= 0.6 is 0 Å². The third-order valence-corrected chi connectivity index (χ3v) is 1.11. The number of amidine groups is 1. The van der Waals surface area contributed by atoms with E-state index in [0.29, 0.717) is 5.92 Å². The van der Waals surface area contributed by atoms with Gasteiger partial charge in [0.15, 0.2) is 5.84 Å². The molecule has 66 valence electrons. The lowest BCUT2D eigenvalue weighted by Gasteiger charge is -2.08. The third kappa shape index (κ3) is 4.56. The Bertz CT molecular complexity index is 226. The van der Waals surface area contributed by atoms with Crippen molar-refractivity contribution in [3.8, 4) is 11.8 Å². The van der Waals surface area contributed by atoms with E-state index >= 15 is 0 Å². The minimum absolute atomic E-state index is 0.375. The molecule has 0 saturated heterocycles. The van der Waals surface area contributed by atoms with Gasteiger partial charge in [-0.2, -0.15) is 0 Å². The molecule has 0 N–H and O–H groups in total. The molecule has 0 bridgehead atoms. The summed E-state index contributed by atoms with van der Waals surface area (Å²) in [6.45, 7) is 7.63. The van der Waals surface area contributed by atoms with E-state index in [1.807, 2.05) is 32.8 Å². The standard InChI is InChI=1S/C10H16N2/c1-6-11-10(12(4)5)8-7-9(2)3/h6,9H,1H2,2-5H3. The normalized spacial score (nSPS) is 10.6. The van der Waals surface area contributed by atoms with Gasteiger partial charge in [0.1, 0.15) is 0 Å². The predicted molar refractivity (Wildman–Crippen MR) is 53.9 cm³/mol. The SMILES string of the molecule is C=CN=C(C#CC(C)C)N(C)C. The molecule has 12 heavy (non-hydrogen) atoms. The predicted octanol–water partition coefficient (Wildman–Crippen LogP) is 1.75. The van der Waals surface area contributed by atoms with E-state index in [9.17, 15) is 0 Å². The Morgan fingerprint density at radius 3 is 2.42 bits per heavy atom. The topological polar surface area (TPSA) is 15.6 Å². The summed E-state index contributed by atoms with van der Waals surface area (Å²) < 4.78 is 0. The maximum absolute atomic E-state index is 4.03. The Balaban J connectivity index is 4.48. The van der Waals surface area contributed by atoms with Crippen LogP contribution in [0.15, 0.2) is 17.8 Å². The largest absolute Gasteiger partial charge is 0.356 e. The van der Waals surface area contributed by atoms with Crippen LogP contribution in [0.1, 0.15) is 13.8 Å². The van der Waals surface area contributed by atoms with Crippen molar-refractivity contribution in [3.05, 3.63) is 12.8 Å². The van der Waals surface area contributed by atoms with Gasteiger partial charge in [0.25, 0.3) is 0 Å². The number of aliphatic imine (C=N–C) groups is 1. The molecule has 0 aromatic heterocycles. The molecular formula is C10H16N2. The van der Waals surface area contributed by atoms with Gasteiger partial charge in [-0.25, -0.2) is 4.99 Å². The summed E-state index contributed by atoms with van der Waals surface area (Å²) in [5, 5.41) is 0. The van der Waals surface area contributed by atoms with Crippen molar-refractivity contribution < 1.29 is 0 Å². The highest BCUT2D eigenvalue weighted by atomic mass is 15.1. The summed E-state index contributed by atoms with van der Waals surface area (Å²) >= 11 is 0. The second-order valence-corrected chi connectivity index (χ2v) is 2.95. The summed E-state index contributed by atoms with van der Waals surface area (Å²) in [5.41, 5.74) is 0. The second kappa shape index (κ2) is 5.42. The summed E-state index contributed by atoms with van der Waals surface area (Å²) in [6.07, 6.45) is 1.50. The number of rotatable bonds is 1. The molecule has 0 amide bonds. The number of hydrogen-bond acceptors (Lipinski definition) is 1. The Hall–Kier alpha value is -1.23. The fraction of sp³-hybridized carbons (Fsp3) is 0.500. The van der Waals surface area contributed by atoms with Crippen molar-refractivity contribution in [1.82, 2.24) is 4.90 Å². The average Bonchev–Trinajstić information content (AvgIpc) is 1.96. The summed E-state index contributed by atoms with van der Waals surface area (Å²) in [6, 6.07) is 0. The van der Waals surface area contributed by atoms with Crippen molar-refractivity contribution in [2.75, 3.05) is 14.1 Å². The van der Waals surface area contributed by atoms with Gasteiger partial charge in [-0.3, -0.25) is 0 Å². The van der Waals surface area contributed by atoms with Gasteiger partial charge >= 0.3 is 0 Å². The lowest BCUT2D eigenvalue weighted by Crippen LogP contribution is -2.19. The zero-order chi connectivity index (χ0) is 9.56. The molecule has 0 saturated carbocycles. The molecule has 0 rings (SSSR count). The number of hydrogen-bond donors (Lipinski definition) is 0. The fourth-order valence-corrected chi connectivity index (χ4v) is 0.555. The Labute approximate surface area is 75.0 Å². The quantitative estimate of drug-likeness (QED) is 0.327. The highest BCUT2D eigenvalue weighted by Crippen LogP contribution is 1.88. The minimum atomic E-state index is 0.375. The Morgan fingerprint density at radius 2 is 2.08 bits per heavy atom. The molecule has 0 aromatic carbocycles. The summed E-state index contributed by atoms with van der Waals surface area (Å²) in [5.74, 6) is 7.14. The molecule has 2 heteroatoms. The van der Waals surface area contributed by atoms with E-state index in [1.165, 1.54) is 6.20 Å². The van der Waals surface area contributed by atoms with E-state index in [4.69, 9.17) is 0 Å². The molecule has 0 aliphatic carbocycles. The molecule has 2 nitrogen and oxygen atoms in total. The van der Waals surface area contributed by atoms with E-state index < -0.39 is 0 Å². The second-order valence-electron chi connectivity index (χ2n) is 2.95. The van der Waals surface area contributed by atoms with E-state index in [0.717, 1.165) is 5.84 Å². The molecular weight excluding hydrogens is 148 g/mol. The van der Waals surface area contributed by atoms with Crippen molar-refractivity contribution in [1.29, 1.82) is 0 Å². The minimum Gasteiger partial charge on any atom is -0.356 e. The molecule has 0 aliphatic rings. The zero-order valence-corrected chi connectivity index (χ0v) is 8.26. The Kier molecular flexibility index (Phi) is 4.87. The van der Waals surface area contributed by atoms with Crippen LogP contribution in [0, 0.1) is 17.8 Å². The van der Waals surface area contributed by atoms with Crippen molar-refractivity contribution in [2.45, 2.75) is 13.8 Å². The lowest BCUT2D eigenvalue weighted by molar-refractivity contribution is 0.629. The molecule has 0 radical (unpaired) electrons. The van der Waals surface area contributed by atoms with Crippen LogP contribution in [-0.2, 0) is 0 Å². The summed E-state index contributed by atoms with van der Waals surface area (Å²) in [7, 11) is 3.83. The molecule has 0 aliphatic heterocycles. The maximum atomic E-state index is 4.03. The molecule has 0 spiro atoms. The van der Waals surface area contributed by atoms with Gasteiger partial charge in [0, 0.05) is 26.2 Å². The van der Waals surface area contributed by atoms with Crippen LogP contribution in [0.5, 0.6) is 0 Å². The summed E-state index contributed by atoms with van der Waals surface area (Å²) in [4.78, 5) is 5.90. The van der Waals surface area contributed by atoms with Crippen LogP contribution in [0.25, 0.3) is 0 Å². The zero-order valence-electron chi connectivity index (χ0n) is 8.26. The van der Waals surface area contributed by atoms with Crippen LogP contribution < -0.4 is 0 Å². The van der Waals surface area contributed by atoms with Gasteiger partial charge < -0.3 is 4.90 Å². The van der Waals surface area contributed by atoms with Gasteiger partial charge in [0.05, 0.1) is 0 Å². The molecule has 0 heterocycles. The van der Waals surface area contributed by atoms with Gasteiger partial charge in [-0.05, 0) is 5.92 Å². The highest BCUT2D eigenvalue weighted by Gasteiger charge is 1.94. The monoisotopic (exact) mass is 164 g/mol. The van der Waals surface area contributed by atoms with Gasteiger partial charge in [-0.15, -0.1) is 0 Å². The van der Waals surface area contributed by atoms with Crippen LogP contribution in [0.3, 0.4) is 0 Å². The first kappa shape index (κ1) is 10.8. The van der Waals surface area contributed by atoms with Crippen molar-refractivity contribution >= 4 is 5.84 Å². The van der Waals surface area contributed by atoms with E-state index in [1.54, 1.807) is 0 Å². The molecule has 0 fully saturated rings. The van der Waals surface area contributed by atoms with Crippen LogP contribution in [0.4, 0.5) is 0 Å². The average molecular weight is 164 g/mol. The molecule has 0 atom stereocenters. The molecule has 0 aromatic rings. The third-order valence-electron chi connectivity index (χ3n) is 1.11. The van der Waals surface area contributed by atoms with Crippen molar-refractivity contribution in [2.24, 2.45) is 10.9 Å². The lowest BCUT2D eigenvalue weighted by atomic mass is 10.2. The van der Waals surface area contributed by atoms with Gasteiger partial charge in [0.2, 0.25) is 0 Å². The maximum Gasteiger partial charge on any atom is 0.180 e.